The fourth-order valence-electron chi connectivity index (χ4n) is 3.81. The van der Waals surface area contributed by atoms with E-state index in [1.807, 2.05) is 30.3 Å². The normalized spacial score (nSPS) is 12.3. The van der Waals surface area contributed by atoms with Crippen molar-refractivity contribution in [3.63, 3.8) is 0 Å². The van der Waals surface area contributed by atoms with E-state index in [-0.39, 0.29) is 29.7 Å². The molecule has 5 rings (SSSR count). The Labute approximate surface area is 199 Å². The third-order valence-corrected chi connectivity index (χ3v) is 5.51. The summed E-state index contributed by atoms with van der Waals surface area (Å²) in [5, 5.41) is 31.3. The molecule has 1 aliphatic heterocycles. The summed E-state index contributed by atoms with van der Waals surface area (Å²) in [5.41, 5.74) is 1.76. The summed E-state index contributed by atoms with van der Waals surface area (Å²) in [4.78, 5) is 24.4. The van der Waals surface area contributed by atoms with Crippen molar-refractivity contribution < 1.29 is 29.3 Å². The highest BCUT2D eigenvalue weighted by molar-refractivity contribution is 5.99. The van der Waals surface area contributed by atoms with Crippen LogP contribution in [-0.4, -0.2) is 39.9 Å². The van der Waals surface area contributed by atoms with Gasteiger partial charge in [-0.1, -0.05) is 36.4 Å². The zero-order chi connectivity index (χ0) is 24.4. The van der Waals surface area contributed by atoms with Gasteiger partial charge in [-0.3, -0.25) is 9.59 Å². The van der Waals surface area contributed by atoms with Crippen LogP contribution in [0.25, 0.3) is 10.9 Å². The Balaban J connectivity index is 1.35. The predicted octanol–water partition coefficient (Wildman–Crippen LogP) is 3.87. The van der Waals surface area contributed by atoms with Crippen LogP contribution in [0.5, 0.6) is 23.1 Å². The van der Waals surface area contributed by atoms with Gasteiger partial charge in [0.2, 0.25) is 12.7 Å². The van der Waals surface area contributed by atoms with Crippen molar-refractivity contribution in [2.75, 3.05) is 13.3 Å². The molecular formula is C25H20N4O6. The molecule has 2 amide bonds. The molecule has 0 bridgehead atoms. The first-order valence-electron chi connectivity index (χ1n) is 10.7. The lowest BCUT2D eigenvalue weighted by Gasteiger charge is -2.08. The molecule has 2 heterocycles. The van der Waals surface area contributed by atoms with Crippen molar-refractivity contribution in [1.29, 1.82) is 0 Å². The molecule has 0 atom stereocenters. The molecule has 0 radical (unpaired) electrons. The van der Waals surface area contributed by atoms with Crippen LogP contribution >= 0.6 is 0 Å². The van der Waals surface area contributed by atoms with E-state index in [0.29, 0.717) is 28.9 Å². The number of rotatable bonds is 6. The minimum atomic E-state index is -0.722. The number of carbonyl (C=O) groups excluding carboxylic acids is 2. The Kier molecular flexibility index (Phi) is 5.76. The largest absolute Gasteiger partial charge is 0.507 e. The van der Waals surface area contributed by atoms with Gasteiger partial charge in [-0.15, -0.1) is 10.2 Å². The molecule has 0 fully saturated rings. The highest BCUT2D eigenvalue weighted by Crippen LogP contribution is 2.40. The molecule has 0 unspecified atom stereocenters. The van der Waals surface area contributed by atoms with E-state index in [1.165, 1.54) is 12.1 Å². The number of nitrogens with zero attached hydrogens (tertiary/aromatic N) is 3. The van der Waals surface area contributed by atoms with Crippen LogP contribution in [0.1, 0.15) is 15.9 Å². The second-order valence-corrected chi connectivity index (χ2v) is 7.76. The summed E-state index contributed by atoms with van der Waals surface area (Å²) >= 11 is 0. The molecule has 0 spiro atoms. The fourth-order valence-corrected chi connectivity index (χ4v) is 3.81. The summed E-state index contributed by atoms with van der Waals surface area (Å²) in [6, 6.07) is 18.7. The van der Waals surface area contributed by atoms with Crippen molar-refractivity contribution in [2.24, 2.45) is 10.2 Å². The predicted molar refractivity (Wildman–Crippen MR) is 125 cm³/mol. The zero-order valence-corrected chi connectivity index (χ0v) is 18.3. The van der Waals surface area contributed by atoms with Crippen molar-refractivity contribution in [2.45, 2.75) is 6.54 Å². The third kappa shape index (κ3) is 4.36. The number of carbonyl (C=O) groups is 2. The van der Waals surface area contributed by atoms with Crippen LogP contribution < -0.4 is 14.8 Å². The monoisotopic (exact) mass is 472 g/mol. The van der Waals surface area contributed by atoms with Gasteiger partial charge >= 0.3 is 0 Å². The standard InChI is InChI=1S/C25H20N4O6/c30-19-8-4-2-6-17(19)24(32)26-12-22(31)27-28-23-16-5-1-3-7-18(16)29(25(23)33)13-15-9-10-20-21(11-15)35-14-34-20/h1-11,30,33H,12-14H2,(H,26,32). The van der Waals surface area contributed by atoms with Gasteiger partial charge < -0.3 is 29.6 Å². The maximum absolute atomic E-state index is 12.2. The average molecular weight is 472 g/mol. The van der Waals surface area contributed by atoms with E-state index in [9.17, 15) is 19.8 Å². The Morgan fingerprint density at radius 1 is 0.971 bits per heavy atom. The number of benzene rings is 3. The molecule has 3 aromatic carbocycles. The number of phenols is 1. The highest BCUT2D eigenvalue weighted by atomic mass is 16.7. The quantitative estimate of drug-likeness (QED) is 0.365. The van der Waals surface area contributed by atoms with Crippen LogP contribution in [0.3, 0.4) is 0 Å². The molecule has 35 heavy (non-hydrogen) atoms. The number of amides is 2. The number of aromatic hydroxyl groups is 2. The van der Waals surface area contributed by atoms with Gasteiger partial charge in [0.15, 0.2) is 17.2 Å². The number of nitrogens with one attached hydrogen (secondary N) is 1. The first-order valence-corrected chi connectivity index (χ1v) is 10.7. The molecule has 0 saturated heterocycles. The lowest BCUT2D eigenvalue weighted by atomic mass is 10.2. The number of phenolic OH excluding ortho intramolecular Hbond substituents is 1. The second-order valence-electron chi connectivity index (χ2n) is 7.76. The Morgan fingerprint density at radius 2 is 1.74 bits per heavy atom. The summed E-state index contributed by atoms with van der Waals surface area (Å²) in [7, 11) is 0. The van der Waals surface area contributed by atoms with Crippen LogP contribution in [0.4, 0.5) is 5.69 Å². The van der Waals surface area contributed by atoms with E-state index in [4.69, 9.17) is 9.47 Å². The van der Waals surface area contributed by atoms with E-state index in [1.54, 1.807) is 28.8 Å². The molecule has 0 aliphatic carbocycles. The Bertz CT molecular complexity index is 1480. The van der Waals surface area contributed by atoms with Crippen molar-refractivity contribution >= 4 is 28.4 Å². The topological polar surface area (TPSA) is 135 Å². The van der Waals surface area contributed by atoms with E-state index < -0.39 is 18.4 Å². The number of hydrogen-bond acceptors (Lipinski definition) is 7. The van der Waals surface area contributed by atoms with E-state index in [2.05, 4.69) is 15.5 Å². The SMILES string of the molecule is O=C(CNC(=O)c1ccccc1O)N=Nc1c(O)n(Cc2ccc3c(c2)OCO3)c2ccccc12. The number of hydrogen-bond donors (Lipinski definition) is 3. The number of para-hydroxylation sites is 2. The summed E-state index contributed by atoms with van der Waals surface area (Å²) in [6.45, 7) is 0.0678. The van der Waals surface area contributed by atoms with Crippen LogP contribution in [0, 0.1) is 0 Å². The molecule has 0 saturated carbocycles. The lowest BCUT2D eigenvalue weighted by Crippen LogP contribution is -2.28. The van der Waals surface area contributed by atoms with Gasteiger partial charge in [-0.2, -0.15) is 0 Å². The maximum atomic E-state index is 12.2. The van der Waals surface area contributed by atoms with Crippen LogP contribution in [0.2, 0.25) is 0 Å². The minimum absolute atomic E-state index is 0.0430. The molecule has 1 aromatic heterocycles. The zero-order valence-electron chi connectivity index (χ0n) is 18.3. The van der Waals surface area contributed by atoms with Crippen LogP contribution in [-0.2, 0) is 11.3 Å². The molecule has 10 heteroatoms. The summed E-state index contributed by atoms with van der Waals surface area (Å²) < 4.78 is 12.4. The molecular weight excluding hydrogens is 452 g/mol. The molecule has 176 valence electrons. The number of ether oxygens (including phenoxy) is 2. The number of fused-ring (bicyclic) bond motifs is 2. The Morgan fingerprint density at radius 3 is 2.60 bits per heavy atom. The highest BCUT2D eigenvalue weighted by Gasteiger charge is 2.19. The van der Waals surface area contributed by atoms with Gasteiger partial charge in [0.1, 0.15) is 12.3 Å². The van der Waals surface area contributed by atoms with E-state index >= 15 is 0 Å². The fraction of sp³-hybridized carbons (Fsp3) is 0.120. The maximum Gasteiger partial charge on any atom is 0.283 e. The second kappa shape index (κ2) is 9.18. The Hall–Kier alpha value is -4.86. The molecule has 4 aromatic rings. The van der Waals surface area contributed by atoms with Crippen molar-refractivity contribution in [3.8, 4) is 23.1 Å². The minimum Gasteiger partial charge on any atom is -0.507 e. The molecule has 3 N–H and O–H groups in total. The summed E-state index contributed by atoms with van der Waals surface area (Å²) in [5.74, 6) is -0.388. The smallest absolute Gasteiger partial charge is 0.283 e. The lowest BCUT2D eigenvalue weighted by molar-refractivity contribution is -0.117. The average Bonchev–Trinajstić information content (AvgIpc) is 3.44. The van der Waals surface area contributed by atoms with E-state index in [0.717, 1.165) is 5.56 Å². The van der Waals surface area contributed by atoms with Gasteiger partial charge in [0.25, 0.3) is 11.8 Å². The molecule has 10 nitrogen and oxygen atoms in total. The summed E-state index contributed by atoms with van der Waals surface area (Å²) in [6.07, 6.45) is 0. The van der Waals surface area contributed by atoms with Crippen molar-refractivity contribution in [1.82, 2.24) is 9.88 Å². The first kappa shape index (κ1) is 22.0. The third-order valence-electron chi connectivity index (χ3n) is 5.51. The van der Waals surface area contributed by atoms with Crippen LogP contribution in [0.15, 0.2) is 77.0 Å². The van der Waals surface area contributed by atoms with Gasteiger partial charge in [0.05, 0.1) is 17.6 Å². The first-order chi connectivity index (χ1) is 17.0. The van der Waals surface area contributed by atoms with Gasteiger partial charge in [-0.25, -0.2) is 0 Å². The molecule has 1 aliphatic rings. The van der Waals surface area contributed by atoms with Gasteiger partial charge in [-0.05, 0) is 35.9 Å². The number of aromatic nitrogens is 1. The van der Waals surface area contributed by atoms with Crippen molar-refractivity contribution in [3.05, 3.63) is 77.9 Å². The van der Waals surface area contributed by atoms with Gasteiger partial charge in [0, 0.05) is 5.39 Å². The number of azo groups is 1.